The van der Waals surface area contributed by atoms with Gasteiger partial charge in [0.05, 0.1) is 12.2 Å². The molecule has 1 saturated heterocycles. The molecule has 1 atom stereocenters. The Hall–Kier alpha value is -2.37. The summed E-state index contributed by atoms with van der Waals surface area (Å²) in [5, 5.41) is 9.23. The molecule has 0 saturated carbocycles. The third-order valence-electron chi connectivity index (χ3n) is 5.50. The van der Waals surface area contributed by atoms with Crippen molar-refractivity contribution in [2.24, 2.45) is 5.92 Å². The summed E-state index contributed by atoms with van der Waals surface area (Å²) >= 11 is 0. The van der Waals surface area contributed by atoms with Gasteiger partial charge in [-0.25, -0.2) is 4.39 Å². The Morgan fingerprint density at radius 3 is 2.63 bits per heavy atom. The van der Waals surface area contributed by atoms with Gasteiger partial charge in [0, 0.05) is 18.7 Å². The largest absolute Gasteiger partial charge is 0.499 e. The lowest BCUT2D eigenvalue weighted by Gasteiger charge is -2.30. The van der Waals surface area contributed by atoms with Crippen LogP contribution >= 0.6 is 12.4 Å². The molecular formula is C24H29ClFNO3. The Bertz CT molecular complexity index is 900. The lowest BCUT2D eigenvalue weighted by atomic mass is 9.92. The maximum atomic E-state index is 13.6. The number of carbonyl (C=O) groups is 1. The van der Waals surface area contributed by atoms with Gasteiger partial charge in [-0.15, -0.1) is 12.4 Å². The summed E-state index contributed by atoms with van der Waals surface area (Å²) in [7, 11) is 0. The van der Waals surface area contributed by atoms with Crippen molar-refractivity contribution in [2.75, 3.05) is 26.2 Å². The molecule has 0 radical (unpaired) electrons. The number of benzene rings is 2. The fourth-order valence-corrected chi connectivity index (χ4v) is 3.86. The molecule has 30 heavy (non-hydrogen) atoms. The second-order valence-electron chi connectivity index (χ2n) is 7.65. The van der Waals surface area contributed by atoms with Crippen molar-refractivity contribution in [3.05, 3.63) is 76.8 Å². The number of aliphatic carboxylic acids is 1. The van der Waals surface area contributed by atoms with Crippen molar-refractivity contribution in [1.29, 1.82) is 0 Å². The SMILES string of the molecule is Cc1ccccc1/C(=C\OCCN1CCC[C@@H](C(=O)O)C1)c1ccc(F)cc1C.Cl. The van der Waals surface area contributed by atoms with Crippen molar-refractivity contribution in [3.8, 4) is 0 Å². The minimum atomic E-state index is -0.718. The zero-order valence-corrected chi connectivity index (χ0v) is 18.3. The molecule has 0 aliphatic carbocycles. The van der Waals surface area contributed by atoms with Crippen LogP contribution in [0.15, 0.2) is 48.7 Å². The lowest BCUT2D eigenvalue weighted by molar-refractivity contribution is -0.143. The Morgan fingerprint density at radius 2 is 1.93 bits per heavy atom. The highest BCUT2D eigenvalue weighted by molar-refractivity contribution is 5.85. The summed E-state index contributed by atoms with van der Waals surface area (Å²) in [6.45, 7) is 6.57. The Balaban J connectivity index is 0.00000320. The summed E-state index contributed by atoms with van der Waals surface area (Å²) in [6, 6.07) is 12.8. The van der Waals surface area contributed by atoms with E-state index in [4.69, 9.17) is 4.74 Å². The smallest absolute Gasteiger partial charge is 0.307 e. The van der Waals surface area contributed by atoms with Gasteiger partial charge in [0.15, 0.2) is 0 Å². The van der Waals surface area contributed by atoms with Crippen LogP contribution in [0.3, 0.4) is 0 Å². The van der Waals surface area contributed by atoms with Crippen LogP contribution in [0.25, 0.3) is 5.57 Å². The number of piperidine rings is 1. The highest BCUT2D eigenvalue weighted by atomic mass is 35.5. The first-order valence-corrected chi connectivity index (χ1v) is 10.0. The zero-order chi connectivity index (χ0) is 20.8. The molecule has 1 aliphatic rings. The third-order valence-corrected chi connectivity index (χ3v) is 5.50. The number of aryl methyl sites for hydroxylation is 2. The molecule has 1 fully saturated rings. The van der Waals surface area contributed by atoms with Crippen LogP contribution in [0.4, 0.5) is 4.39 Å². The summed E-state index contributed by atoms with van der Waals surface area (Å²) < 4.78 is 19.5. The first-order chi connectivity index (χ1) is 14.0. The minimum Gasteiger partial charge on any atom is -0.499 e. The van der Waals surface area contributed by atoms with Gasteiger partial charge in [-0.3, -0.25) is 9.69 Å². The number of ether oxygens (including phenoxy) is 1. The maximum absolute atomic E-state index is 13.6. The van der Waals surface area contributed by atoms with E-state index >= 15 is 0 Å². The standard InChI is InChI=1S/C24H28FNO3.ClH/c1-17-6-3-4-8-21(17)23(22-10-9-20(25)14-18(22)2)16-29-13-12-26-11-5-7-19(15-26)24(27)28;/h3-4,6,8-10,14,16,19H,5,7,11-13,15H2,1-2H3,(H,27,28);1H/b23-16+;/t19-;/m1./s1. The van der Waals surface area contributed by atoms with Gasteiger partial charge in [-0.2, -0.15) is 0 Å². The van der Waals surface area contributed by atoms with E-state index in [0.717, 1.165) is 47.2 Å². The molecule has 1 aliphatic heterocycles. The minimum absolute atomic E-state index is 0. The normalized spacial score (nSPS) is 17.3. The molecule has 1 heterocycles. The molecule has 2 aromatic carbocycles. The number of rotatable bonds is 7. The number of nitrogens with zero attached hydrogens (tertiary/aromatic N) is 1. The highest BCUT2D eigenvalue weighted by Crippen LogP contribution is 2.29. The lowest BCUT2D eigenvalue weighted by Crippen LogP contribution is -2.40. The van der Waals surface area contributed by atoms with Crippen molar-refractivity contribution in [3.63, 3.8) is 0 Å². The average Bonchev–Trinajstić information content (AvgIpc) is 2.70. The second-order valence-corrected chi connectivity index (χ2v) is 7.65. The number of halogens is 2. The summed E-state index contributed by atoms with van der Waals surface area (Å²) in [5.41, 5.74) is 4.87. The summed E-state index contributed by atoms with van der Waals surface area (Å²) in [6.07, 6.45) is 3.39. The van der Waals surface area contributed by atoms with Crippen molar-refractivity contribution in [2.45, 2.75) is 26.7 Å². The predicted molar refractivity (Wildman–Crippen MR) is 119 cm³/mol. The average molecular weight is 434 g/mol. The molecule has 3 rings (SSSR count). The van der Waals surface area contributed by atoms with E-state index in [-0.39, 0.29) is 24.1 Å². The Morgan fingerprint density at radius 1 is 1.20 bits per heavy atom. The molecule has 4 nitrogen and oxygen atoms in total. The van der Waals surface area contributed by atoms with Gasteiger partial charge >= 0.3 is 5.97 Å². The van der Waals surface area contributed by atoms with Crippen LogP contribution in [-0.2, 0) is 9.53 Å². The quantitative estimate of drug-likeness (QED) is 0.489. The van der Waals surface area contributed by atoms with Crippen LogP contribution in [-0.4, -0.2) is 42.2 Å². The second kappa shape index (κ2) is 11.1. The van der Waals surface area contributed by atoms with Gasteiger partial charge in [-0.1, -0.05) is 30.3 Å². The molecule has 2 aromatic rings. The predicted octanol–water partition coefficient (Wildman–Crippen LogP) is 5.07. The van der Waals surface area contributed by atoms with E-state index in [2.05, 4.69) is 4.90 Å². The molecule has 1 N–H and O–H groups in total. The van der Waals surface area contributed by atoms with Gasteiger partial charge < -0.3 is 9.84 Å². The van der Waals surface area contributed by atoms with E-state index in [9.17, 15) is 14.3 Å². The molecular weight excluding hydrogens is 405 g/mol. The molecule has 0 aromatic heterocycles. The molecule has 0 bridgehead atoms. The van der Waals surface area contributed by atoms with Crippen molar-refractivity contribution in [1.82, 2.24) is 4.90 Å². The molecule has 0 spiro atoms. The fraction of sp³-hybridized carbons (Fsp3) is 0.375. The maximum Gasteiger partial charge on any atom is 0.307 e. The highest BCUT2D eigenvalue weighted by Gasteiger charge is 2.24. The molecule has 162 valence electrons. The number of hydrogen-bond acceptors (Lipinski definition) is 3. The summed E-state index contributed by atoms with van der Waals surface area (Å²) in [5.74, 6) is -1.26. The van der Waals surface area contributed by atoms with Crippen molar-refractivity contribution < 1.29 is 19.0 Å². The first kappa shape index (κ1) is 23.9. The first-order valence-electron chi connectivity index (χ1n) is 10.0. The zero-order valence-electron chi connectivity index (χ0n) is 17.4. The van der Waals surface area contributed by atoms with E-state index in [1.165, 1.54) is 12.1 Å². The third kappa shape index (κ3) is 6.07. The molecule has 6 heteroatoms. The van der Waals surface area contributed by atoms with Gasteiger partial charge in [0.2, 0.25) is 0 Å². The summed E-state index contributed by atoms with van der Waals surface area (Å²) in [4.78, 5) is 13.4. The van der Waals surface area contributed by atoms with E-state index in [1.807, 2.05) is 38.1 Å². The van der Waals surface area contributed by atoms with E-state index in [0.29, 0.717) is 19.7 Å². The molecule has 0 amide bonds. The van der Waals surface area contributed by atoms with Crippen LogP contribution in [0, 0.1) is 25.6 Å². The Labute approximate surface area is 183 Å². The Kier molecular flexibility index (Phi) is 8.88. The number of hydrogen-bond donors (Lipinski definition) is 1. The van der Waals surface area contributed by atoms with Crippen LogP contribution in [0.1, 0.15) is 35.1 Å². The monoisotopic (exact) mass is 433 g/mol. The number of carboxylic acids is 1. The van der Waals surface area contributed by atoms with Crippen LogP contribution in [0.2, 0.25) is 0 Å². The topological polar surface area (TPSA) is 49.8 Å². The van der Waals surface area contributed by atoms with Gasteiger partial charge in [0.1, 0.15) is 12.4 Å². The van der Waals surface area contributed by atoms with E-state index in [1.54, 1.807) is 12.3 Å². The van der Waals surface area contributed by atoms with Crippen LogP contribution in [0.5, 0.6) is 0 Å². The van der Waals surface area contributed by atoms with Gasteiger partial charge in [0.25, 0.3) is 0 Å². The van der Waals surface area contributed by atoms with Crippen LogP contribution < -0.4 is 0 Å². The number of carboxylic acid groups (broad SMARTS) is 1. The van der Waals surface area contributed by atoms with E-state index < -0.39 is 5.97 Å². The fourth-order valence-electron chi connectivity index (χ4n) is 3.86. The number of likely N-dealkylation sites (tertiary alicyclic amines) is 1. The molecule has 0 unspecified atom stereocenters. The van der Waals surface area contributed by atoms with Gasteiger partial charge in [-0.05, 0) is 67.6 Å². The van der Waals surface area contributed by atoms with Crippen molar-refractivity contribution >= 4 is 23.9 Å².